The Labute approximate surface area is 171 Å². The zero-order valence-electron chi connectivity index (χ0n) is 16.6. The Morgan fingerprint density at radius 1 is 1.07 bits per heavy atom. The second-order valence-electron chi connectivity index (χ2n) is 6.60. The van der Waals surface area contributed by atoms with Crippen molar-refractivity contribution in [3.63, 3.8) is 0 Å². The van der Waals surface area contributed by atoms with Gasteiger partial charge in [0.25, 0.3) is 11.8 Å². The zero-order chi connectivity index (χ0) is 20.7. The van der Waals surface area contributed by atoms with E-state index in [0.29, 0.717) is 5.56 Å². The number of hydrogen-bond donors (Lipinski definition) is 4. The molecule has 0 aliphatic rings. The van der Waals surface area contributed by atoms with Gasteiger partial charge in [-0.25, -0.2) is 0 Å². The van der Waals surface area contributed by atoms with Gasteiger partial charge in [-0.05, 0) is 62.7 Å². The first kappa shape index (κ1) is 21.4. The van der Waals surface area contributed by atoms with Crippen LogP contribution in [0.5, 0.6) is 0 Å². The van der Waals surface area contributed by atoms with E-state index in [-0.39, 0.29) is 11.0 Å². The summed E-state index contributed by atoms with van der Waals surface area (Å²) in [4.78, 5) is 24.5. The lowest BCUT2D eigenvalue weighted by atomic mass is 10.1. The van der Waals surface area contributed by atoms with Gasteiger partial charge in [0.15, 0.2) is 5.11 Å². The molecular weight excluding hydrogens is 372 g/mol. The van der Waals surface area contributed by atoms with Crippen LogP contribution in [0.2, 0.25) is 0 Å². The number of hydrogen-bond acceptors (Lipinski definition) is 3. The van der Waals surface area contributed by atoms with Crippen LogP contribution in [-0.4, -0.2) is 23.0 Å². The summed E-state index contributed by atoms with van der Waals surface area (Å²) >= 11 is 5.26. The highest BCUT2D eigenvalue weighted by Crippen LogP contribution is 2.20. The first-order valence-electron chi connectivity index (χ1n) is 9.14. The third kappa shape index (κ3) is 5.79. The molecule has 2 aromatic carbocycles. The van der Waals surface area contributed by atoms with Crippen molar-refractivity contribution in [1.29, 1.82) is 0 Å². The van der Waals surface area contributed by atoms with Crippen LogP contribution < -0.4 is 21.5 Å². The van der Waals surface area contributed by atoms with Crippen molar-refractivity contribution in [2.24, 2.45) is 0 Å². The summed E-state index contributed by atoms with van der Waals surface area (Å²) in [6.45, 7) is 7.57. The minimum absolute atomic E-state index is 0.273. The van der Waals surface area contributed by atoms with E-state index in [9.17, 15) is 9.59 Å². The molecule has 0 aliphatic carbocycles. The molecule has 148 valence electrons. The van der Waals surface area contributed by atoms with Gasteiger partial charge in [-0.15, -0.1) is 0 Å². The van der Waals surface area contributed by atoms with Crippen molar-refractivity contribution in [3.8, 4) is 0 Å². The molecule has 0 saturated heterocycles. The van der Waals surface area contributed by atoms with E-state index in [1.54, 1.807) is 25.1 Å². The number of benzene rings is 2. The maximum absolute atomic E-state index is 12.2. The SMILES string of the molecule is CCc1cccc(C)c1NC(=S)NNC(=O)[C@H](C)NC(=O)c1cccc(C)c1. The number of carbonyl (C=O) groups excluding carboxylic acids is 2. The van der Waals surface area contributed by atoms with Crippen LogP contribution in [0.15, 0.2) is 42.5 Å². The number of para-hydroxylation sites is 1. The van der Waals surface area contributed by atoms with Crippen LogP contribution in [0.3, 0.4) is 0 Å². The molecule has 0 unspecified atom stereocenters. The quantitative estimate of drug-likeness (QED) is 0.460. The molecular formula is C21H26N4O2S. The number of amides is 2. The van der Waals surface area contributed by atoms with E-state index in [2.05, 4.69) is 28.4 Å². The third-order valence-electron chi connectivity index (χ3n) is 4.30. The molecule has 7 heteroatoms. The summed E-state index contributed by atoms with van der Waals surface area (Å²) in [5.41, 5.74) is 9.82. The summed E-state index contributed by atoms with van der Waals surface area (Å²) in [6.07, 6.45) is 0.862. The molecule has 2 rings (SSSR count). The first-order chi connectivity index (χ1) is 13.3. The van der Waals surface area contributed by atoms with E-state index in [1.807, 2.05) is 38.1 Å². The van der Waals surface area contributed by atoms with Gasteiger partial charge in [0.2, 0.25) is 0 Å². The van der Waals surface area contributed by atoms with Crippen LogP contribution in [0, 0.1) is 13.8 Å². The normalized spacial score (nSPS) is 11.3. The van der Waals surface area contributed by atoms with Crippen molar-refractivity contribution in [1.82, 2.24) is 16.2 Å². The van der Waals surface area contributed by atoms with Gasteiger partial charge in [0.05, 0.1) is 0 Å². The van der Waals surface area contributed by atoms with Crippen molar-refractivity contribution in [2.45, 2.75) is 40.2 Å². The van der Waals surface area contributed by atoms with E-state index >= 15 is 0 Å². The van der Waals surface area contributed by atoms with E-state index in [4.69, 9.17) is 12.2 Å². The fourth-order valence-corrected chi connectivity index (χ4v) is 2.86. The molecule has 28 heavy (non-hydrogen) atoms. The molecule has 1 atom stereocenters. The Bertz CT molecular complexity index is 882. The smallest absolute Gasteiger partial charge is 0.260 e. The highest BCUT2D eigenvalue weighted by Gasteiger charge is 2.17. The van der Waals surface area contributed by atoms with Crippen LogP contribution >= 0.6 is 12.2 Å². The second-order valence-corrected chi connectivity index (χ2v) is 7.00. The minimum atomic E-state index is -0.729. The Morgan fingerprint density at radius 2 is 1.79 bits per heavy atom. The van der Waals surface area contributed by atoms with Crippen molar-refractivity contribution in [2.75, 3.05) is 5.32 Å². The predicted octanol–water partition coefficient (Wildman–Crippen LogP) is 3.00. The molecule has 0 aliphatic heterocycles. The van der Waals surface area contributed by atoms with Crippen LogP contribution in [0.4, 0.5) is 5.69 Å². The number of carbonyl (C=O) groups is 2. The number of nitrogens with one attached hydrogen (secondary N) is 4. The molecule has 0 radical (unpaired) electrons. The lowest BCUT2D eigenvalue weighted by molar-refractivity contribution is -0.123. The summed E-state index contributed by atoms with van der Waals surface area (Å²) < 4.78 is 0. The highest BCUT2D eigenvalue weighted by atomic mass is 32.1. The number of thiocarbonyl (C=S) groups is 1. The summed E-state index contributed by atoms with van der Waals surface area (Å²) in [7, 11) is 0. The molecule has 4 N–H and O–H groups in total. The Hall–Kier alpha value is -2.93. The van der Waals surface area contributed by atoms with Gasteiger partial charge in [0, 0.05) is 11.3 Å². The maximum atomic E-state index is 12.2. The molecule has 2 amide bonds. The summed E-state index contributed by atoms with van der Waals surface area (Å²) in [5, 5.41) is 6.06. The number of anilines is 1. The fraction of sp³-hybridized carbons (Fsp3) is 0.286. The lowest BCUT2D eigenvalue weighted by Crippen LogP contribution is -2.52. The molecule has 0 heterocycles. The van der Waals surface area contributed by atoms with Gasteiger partial charge in [0.1, 0.15) is 6.04 Å². The number of rotatable bonds is 5. The summed E-state index contributed by atoms with van der Waals surface area (Å²) in [6, 6.07) is 12.5. The number of hydrazine groups is 1. The van der Waals surface area contributed by atoms with Gasteiger partial charge in [-0.1, -0.05) is 42.8 Å². The predicted molar refractivity (Wildman–Crippen MR) is 116 cm³/mol. The van der Waals surface area contributed by atoms with E-state index in [0.717, 1.165) is 28.8 Å². The third-order valence-corrected chi connectivity index (χ3v) is 4.50. The standard InChI is InChI=1S/C21H26N4O2S/c1-5-16-10-7-9-14(3)18(16)23-21(28)25-24-19(26)15(4)22-20(27)17-11-6-8-13(2)12-17/h6-12,15H,5H2,1-4H3,(H,22,27)(H,24,26)(H2,23,25,28)/t15-/m0/s1. The lowest BCUT2D eigenvalue weighted by Gasteiger charge is -2.18. The fourth-order valence-electron chi connectivity index (χ4n) is 2.71. The van der Waals surface area contributed by atoms with E-state index < -0.39 is 11.9 Å². The van der Waals surface area contributed by atoms with Gasteiger partial charge in [-0.3, -0.25) is 20.4 Å². The number of aryl methyl sites for hydroxylation is 3. The molecule has 2 aromatic rings. The Kier molecular flexibility index (Phi) is 7.52. The average Bonchev–Trinajstić information content (AvgIpc) is 2.67. The van der Waals surface area contributed by atoms with Gasteiger partial charge >= 0.3 is 0 Å². The maximum Gasteiger partial charge on any atom is 0.260 e. The second kappa shape index (κ2) is 9.85. The zero-order valence-corrected chi connectivity index (χ0v) is 17.4. The van der Waals surface area contributed by atoms with Crippen molar-refractivity contribution < 1.29 is 9.59 Å². The van der Waals surface area contributed by atoms with Crippen LogP contribution in [0.1, 0.15) is 40.9 Å². The monoisotopic (exact) mass is 398 g/mol. The minimum Gasteiger partial charge on any atom is -0.340 e. The van der Waals surface area contributed by atoms with E-state index in [1.165, 1.54) is 0 Å². The van der Waals surface area contributed by atoms with Crippen LogP contribution in [0.25, 0.3) is 0 Å². The molecule has 6 nitrogen and oxygen atoms in total. The first-order valence-corrected chi connectivity index (χ1v) is 9.55. The molecule has 0 bridgehead atoms. The molecule has 0 saturated carbocycles. The highest BCUT2D eigenvalue weighted by molar-refractivity contribution is 7.80. The largest absolute Gasteiger partial charge is 0.340 e. The van der Waals surface area contributed by atoms with Crippen LogP contribution in [-0.2, 0) is 11.2 Å². The Balaban J connectivity index is 1.87. The van der Waals surface area contributed by atoms with Crippen molar-refractivity contribution >= 4 is 34.8 Å². The van der Waals surface area contributed by atoms with Gasteiger partial charge < -0.3 is 10.6 Å². The topological polar surface area (TPSA) is 82.3 Å². The Morgan fingerprint density at radius 3 is 2.46 bits per heavy atom. The average molecular weight is 399 g/mol. The van der Waals surface area contributed by atoms with Crippen molar-refractivity contribution in [3.05, 3.63) is 64.7 Å². The molecule has 0 fully saturated rings. The summed E-state index contributed by atoms with van der Waals surface area (Å²) in [5.74, 6) is -0.704. The van der Waals surface area contributed by atoms with Gasteiger partial charge in [-0.2, -0.15) is 0 Å². The molecule has 0 aromatic heterocycles. The molecule has 0 spiro atoms.